The van der Waals surface area contributed by atoms with Gasteiger partial charge in [-0.1, -0.05) is 0 Å². The van der Waals surface area contributed by atoms with E-state index in [1.807, 2.05) is 4.68 Å². The fourth-order valence-corrected chi connectivity index (χ4v) is 1.26. The fraction of sp³-hybridized carbons (Fsp3) is 0.429. The Labute approximate surface area is 64.6 Å². The smallest absolute Gasteiger partial charge is 0.228 e. The molecular weight excluding hydrogens is 140 g/mol. The second kappa shape index (κ2) is 2.36. The molecule has 0 spiro atoms. The molecule has 1 aromatic rings. The molecule has 1 aliphatic heterocycles. The van der Waals surface area contributed by atoms with Crippen molar-refractivity contribution >= 4 is 5.69 Å². The summed E-state index contributed by atoms with van der Waals surface area (Å²) in [5.74, 6) is 0. The fourth-order valence-electron chi connectivity index (χ4n) is 1.26. The number of nitrogens with zero attached hydrogens (tertiary/aromatic N) is 3. The Morgan fingerprint density at radius 3 is 3.45 bits per heavy atom. The highest BCUT2D eigenvalue weighted by Gasteiger charge is 2.12. The quantitative estimate of drug-likeness (QED) is 0.545. The second-order valence-electron chi connectivity index (χ2n) is 2.49. The Bertz CT molecular complexity index is 307. The minimum absolute atomic E-state index is 0.678. The lowest BCUT2D eigenvalue weighted by molar-refractivity contribution is 0.476. The Morgan fingerprint density at radius 1 is 1.73 bits per heavy atom. The maximum absolute atomic E-state index is 6.84. The van der Waals surface area contributed by atoms with Crippen molar-refractivity contribution in [3.63, 3.8) is 0 Å². The van der Waals surface area contributed by atoms with E-state index in [2.05, 4.69) is 15.3 Å². The predicted octanol–water partition coefficient (Wildman–Crippen LogP) is 0.537. The topological polar surface area (TPSA) is 34.2 Å². The van der Waals surface area contributed by atoms with Gasteiger partial charge in [0.2, 0.25) is 5.69 Å². The van der Waals surface area contributed by atoms with Crippen molar-refractivity contribution in [2.24, 2.45) is 0 Å². The number of rotatable bonds is 0. The van der Waals surface area contributed by atoms with Gasteiger partial charge in [0.15, 0.2) is 0 Å². The first-order valence-corrected chi connectivity index (χ1v) is 3.54. The van der Waals surface area contributed by atoms with Crippen molar-refractivity contribution in [3.8, 4) is 0 Å². The molecule has 2 heterocycles. The largest absolute Gasteiger partial charge is 0.311 e. The van der Waals surface area contributed by atoms with Crippen LogP contribution in [0.1, 0.15) is 5.69 Å². The van der Waals surface area contributed by atoms with Crippen LogP contribution in [0.5, 0.6) is 0 Å². The third-order valence-corrected chi connectivity index (χ3v) is 1.84. The van der Waals surface area contributed by atoms with Crippen molar-refractivity contribution in [2.75, 3.05) is 6.54 Å². The molecule has 0 radical (unpaired) electrons. The first kappa shape index (κ1) is 6.38. The lowest BCUT2D eigenvalue weighted by Gasteiger charge is -2.14. The van der Waals surface area contributed by atoms with Crippen LogP contribution in [0.4, 0.5) is 5.69 Å². The monoisotopic (exact) mass is 148 g/mol. The minimum Gasteiger partial charge on any atom is -0.311 e. The van der Waals surface area contributed by atoms with Crippen LogP contribution >= 0.6 is 0 Å². The van der Waals surface area contributed by atoms with Crippen LogP contribution in [0, 0.1) is 6.57 Å². The Kier molecular flexibility index (Phi) is 1.37. The molecule has 2 rings (SSSR count). The van der Waals surface area contributed by atoms with Gasteiger partial charge in [0, 0.05) is 13.1 Å². The Hall–Kier alpha value is -1.34. The van der Waals surface area contributed by atoms with E-state index < -0.39 is 0 Å². The first-order valence-electron chi connectivity index (χ1n) is 3.54. The van der Waals surface area contributed by atoms with Crippen molar-refractivity contribution in [3.05, 3.63) is 23.3 Å². The van der Waals surface area contributed by atoms with Gasteiger partial charge in [0.1, 0.15) is 0 Å². The van der Waals surface area contributed by atoms with Crippen molar-refractivity contribution < 1.29 is 0 Å². The summed E-state index contributed by atoms with van der Waals surface area (Å²) in [6.45, 7) is 9.45. The van der Waals surface area contributed by atoms with E-state index in [-0.39, 0.29) is 0 Å². The third-order valence-electron chi connectivity index (χ3n) is 1.84. The van der Waals surface area contributed by atoms with E-state index in [1.165, 1.54) is 0 Å². The highest BCUT2D eigenvalue weighted by molar-refractivity contribution is 5.47. The van der Waals surface area contributed by atoms with Crippen LogP contribution in [0.25, 0.3) is 4.85 Å². The summed E-state index contributed by atoms with van der Waals surface area (Å²) >= 11 is 0. The van der Waals surface area contributed by atoms with Crippen molar-refractivity contribution in [2.45, 2.75) is 13.1 Å². The number of aromatic nitrogens is 2. The zero-order valence-electron chi connectivity index (χ0n) is 6.04. The van der Waals surface area contributed by atoms with Gasteiger partial charge >= 0.3 is 0 Å². The summed E-state index contributed by atoms with van der Waals surface area (Å²) in [5, 5.41) is 7.29. The summed E-state index contributed by atoms with van der Waals surface area (Å²) in [6.07, 6.45) is 1.63. The Balaban J connectivity index is 2.48. The maximum atomic E-state index is 6.84. The van der Waals surface area contributed by atoms with E-state index >= 15 is 0 Å². The van der Waals surface area contributed by atoms with E-state index in [0.717, 1.165) is 25.3 Å². The van der Waals surface area contributed by atoms with Gasteiger partial charge < -0.3 is 5.32 Å². The summed E-state index contributed by atoms with van der Waals surface area (Å²) < 4.78 is 1.89. The van der Waals surface area contributed by atoms with Gasteiger partial charge in [-0.25, -0.2) is 4.85 Å². The summed E-state index contributed by atoms with van der Waals surface area (Å²) in [4.78, 5) is 3.37. The lowest BCUT2D eigenvalue weighted by atomic mass is 10.3. The summed E-state index contributed by atoms with van der Waals surface area (Å²) in [6, 6.07) is 0. The Morgan fingerprint density at radius 2 is 2.64 bits per heavy atom. The molecule has 0 unspecified atom stereocenters. The van der Waals surface area contributed by atoms with Crippen LogP contribution in [-0.2, 0) is 13.1 Å². The number of nitrogens with one attached hydrogen (secondary N) is 1. The van der Waals surface area contributed by atoms with Gasteiger partial charge in [-0.2, -0.15) is 5.10 Å². The molecule has 4 heteroatoms. The molecule has 11 heavy (non-hydrogen) atoms. The molecule has 0 bridgehead atoms. The van der Waals surface area contributed by atoms with E-state index in [9.17, 15) is 0 Å². The highest BCUT2D eigenvalue weighted by atomic mass is 15.3. The molecule has 1 N–H and O–H groups in total. The van der Waals surface area contributed by atoms with E-state index in [0.29, 0.717) is 5.69 Å². The maximum Gasteiger partial charge on any atom is 0.228 e. The molecule has 4 nitrogen and oxygen atoms in total. The van der Waals surface area contributed by atoms with Crippen molar-refractivity contribution in [1.82, 2.24) is 15.1 Å². The second-order valence-corrected chi connectivity index (χ2v) is 2.49. The van der Waals surface area contributed by atoms with Crippen LogP contribution < -0.4 is 5.32 Å². The molecule has 56 valence electrons. The standard InChI is InChI=1S/C7H8N4/c1-8-6-4-10-11-3-2-9-5-7(6)11/h4,9H,2-3,5H2. The normalized spacial score (nSPS) is 15.5. The molecule has 0 amide bonds. The average molecular weight is 148 g/mol. The summed E-state index contributed by atoms with van der Waals surface area (Å²) in [7, 11) is 0. The zero-order chi connectivity index (χ0) is 7.68. The van der Waals surface area contributed by atoms with Gasteiger partial charge in [-0.3, -0.25) is 4.68 Å². The molecule has 0 saturated heterocycles. The molecule has 1 aromatic heterocycles. The number of hydrogen-bond donors (Lipinski definition) is 1. The highest BCUT2D eigenvalue weighted by Crippen LogP contribution is 2.19. The van der Waals surface area contributed by atoms with Crippen molar-refractivity contribution in [1.29, 1.82) is 0 Å². The van der Waals surface area contributed by atoms with Crippen LogP contribution in [0.15, 0.2) is 6.20 Å². The zero-order valence-corrected chi connectivity index (χ0v) is 6.04. The van der Waals surface area contributed by atoms with Crippen LogP contribution in [0.3, 0.4) is 0 Å². The lowest BCUT2D eigenvalue weighted by Crippen LogP contribution is -2.28. The summed E-state index contributed by atoms with van der Waals surface area (Å²) in [5.41, 5.74) is 1.70. The van der Waals surface area contributed by atoms with E-state index in [4.69, 9.17) is 6.57 Å². The molecule has 1 aliphatic rings. The number of hydrogen-bond acceptors (Lipinski definition) is 2. The molecule has 0 saturated carbocycles. The minimum atomic E-state index is 0.678. The molecular formula is C7H8N4. The van der Waals surface area contributed by atoms with Gasteiger partial charge in [-0.05, 0) is 0 Å². The molecule has 0 fully saturated rings. The van der Waals surface area contributed by atoms with E-state index in [1.54, 1.807) is 6.20 Å². The van der Waals surface area contributed by atoms with Crippen LogP contribution in [-0.4, -0.2) is 16.3 Å². The van der Waals surface area contributed by atoms with Gasteiger partial charge in [0.05, 0.1) is 25.0 Å². The average Bonchev–Trinajstić information content (AvgIpc) is 2.47. The van der Waals surface area contributed by atoms with Gasteiger partial charge in [0.25, 0.3) is 0 Å². The van der Waals surface area contributed by atoms with Crippen LogP contribution in [0.2, 0.25) is 0 Å². The SMILES string of the molecule is [C-]#[N+]c1cnn2c1CNCC2. The predicted molar refractivity (Wildman–Crippen MR) is 40.2 cm³/mol. The molecule has 0 aromatic carbocycles. The number of fused-ring (bicyclic) bond motifs is 1. The van der Waals surface area contributed by atoms with Gasteiger partial charge in [-0.15, -0.1) is 0 Å². The first-order chi connectivity index (χ1) is 5.42. The molecule has 0 aliphatic carbocycles. The third kappa shape index (κ3) is 0.900. The molecule has 0 atom stereocenters.